The molecule has 1 aromatic heterocycles. The minimum atomic E-state index is 0.0816. The lowest BCUT2D eigenvalue weighted by Gasteiger charge is -2.57. The number of rotatable bonds is 4. The van der Waals surface area contributed by atoms with Crippen molar-refractivity contribution in [2.24, 2.45) is 23.7 Å². The van der Waals surface area contributed by atoms with Crippen LogP contribution in [0.25, 0.3) is 11.3 Å². The number of amides is 1. The van der Waals surface area contributed by atoms with Crippen LogP contribution in [-0.4, -0.2) is 34.5 Å². The van der Waals surface area contributed by atoms with Crippen LogP contribution in [-0.2, 0) is 4.79 Å². The Hall–Kier alpha value is -2.43. The number of anilines is 1. The second kappa shape index (κ2) is 6.54. The van der Waals surface area contributed by atoms with E-state index in [1.54, 1.807) is 6.33 Å². The molecule has 0 radical (unpaired) electrons. The van der Waals surface area contributed by atoms with Crippen LogP contribution in [0.4, 0.5) is 5.82 Å². The summed E-state index contributed by atoms with van der Waals surface area (Å²) in [6, 6.07) is 12.2. The van der Waals surface area contributed by atoms with Gasteiger partial charge in [0.2, 0.25) is 5.91 Å². The Morgan fingerprint density at radius 3 is 2.28 bits per heavy atom. The average molecular weight is 389 g/mol. The van der Waals surface area contributed by atoms with E-state index in [-0.39, 0.29) is 17.4 Å². The van der Waals surface area contributed by atoms with E-state index in [2.05, 4.69) is 32.3 Å². The highest BCUT2D eigenvalue weighted by atomic mass is 16.2. The third kappa shape index (κ3) is 3.11. The maximum absolute atomic E-state index is 13.0. The predicted molar refractivity (Wildman–Crippen MR) is 112 cm³/mol. The van der Waals surface area contributed by atoms with Crippen molar-refractivity contribution in [1.82, 2.24) is 15.3 Å². The van der Waals surface area contributed by atoms with Gasteiger partial charge >= 0.3 is 0 Å². The molecule has 0 atom stereocenters. The molecule has 1 aliphatic heterocycles. The van der Waals surface area contributed by atoms with E-state index in [1.165, 1.54) is 38.5 Å². The molecule has 1 amide bonds. The highest BCUT2D eigenvalue weighted by Gasteiger charge is 2.52. The van der Waals surface area contributed by atoms with Crippen molar-refractivity contribution in [1.29, 1.82) is 0 Å². The monoisotopic (exact) mass is 388 g/mol. The summed E-state index contributed by atoms with van der Waals surface area (Å²) in [7, 11) is 0. The molecule has 4 bridgehead atoms. The van der Waals surface area contributed by atoms with Crippen molar-refractivity contribution >= 4 is 11.7 Å². The van der Waals surface area contributed by atoms with Gasteiger partial charge in [-0.15, -0.1) is 0 Å². The zero-order chi connectivity index (χ0) is 19.4. The first-order valence-corrected chi connectivity index (χ1v) is 11.1. The molecule has 0 unspecified atom stereocenters. The lowest BCUT2D eigenvalue weighted by atomic mass is 9.53. The van der Waals surface area contributed by atoms with Crippen molar-refractivity contribution in [3.8, 4) is 11.3 Å². The van der Waals surface area contributed by atoms with Gasteiger partial charge in [-0.25, -0.2) is 9.97 Å². The summed E-state index contributed by atoms with van der Waals surface area (Å²) in [5.41, 5.74) is 2.13. The first-order valence-electron chi connectivity index (χ1n) is 11.1. The van der Waals surface area contributed by atoms with E-state index in [4.69, 9.17) is 0 Å². The third-order valence-electron chi connectivity index (χ3n) is 7.73. The molecule has 150 valence electrons. The van der Waals surface area contributed by atoms with Crippen LogP contribution >= 0.6 is 0 Å². The molecule has 4 saturated carbocycles. The maximum Gasteiger partial charge on any atom is 0.227 e. The molecule has 2 aromatic rings. The van der Waals surface area contributed by atoms with Crippen molar-refractivity contribution in [3.63, 3.8) is 0 Å². The van der Waals surface area contributed by atoms with Gasteiger partial charge in [-0.05, 0) is 56.3 Å². The van der Waals surface area contributed by atoms with E-state index >= 15 is 0 Å². The van der Waals surface area contributed by atoms with Crippen LogP contribution < -0.4 is 10.2 Å². The van der Waals surface area contributed by atoms with Crippen molar-refractivity contribution in [2.45, 2.75) is 44.1 Å². The lowest BCUT2D eigenvalue weighted by molar-refractivity contribution is -0.131. The Morgan fingerprint density at radius 2 is 1.62 bits per heavy atom. The quantitative estimate of drug-likeness (QED) is 0.868. The average Bonchev–Trinajstić information content (AvgIpc) is 2.66. The number of hydrogen-bond acceptors (Lipinski definition) is 4. The van der Waals surface area contributed by atoms with E-state index < -0.39 is 0 Å². The minimum Gasteiger partial charge on any atom is -0.355 e. The Morgan fingerprint density at radius 1 is 0.966 bits per heavy atom. The Bertz CT molecular complexity index is 886. The fourth-order valence-corrected chi connectivity index (χ4v) is 6.75. The maximum atomic E-state index is 13.0. The molecule has 5 nitrogen and oxygen atoms in total. The molecule has 1 aromatic carbocycles. The molecule has 5 heteroatoms. The molecule has 0 spiro atoms. The number of nitrogens with zero attached hydrogens (tertiary/aromatic N) is 3. The molecule has 5 fully saturated rings. The van der Waals surface area contributed by atoms with Gasteiger partial charge in [0.25, 0.3) is 0 Å². The van der Waals surface area contributed by atoms with Crippen molar-refractivity contribution < 1.29 is 4.79 Å². The van der Waals surface area contributed by atoms with Gasteiger partial charge in [0.1, 0.15) is 12.1 Å². The van der Waals surface area contributed by atoms with Crippen molar-refractivity contribution in [2.75, 3.05) is 18.0 Å². The highest BCUT2D eigenvalue weighted by molar-refractivity contribution is 5.82. The number of hydrogen-bond donors (Lipinski definition) is 1. The lowest BCUT2D eigenvalue weighted by Crippen LogP contribution is -2.63. The molecule has 7 rings (SSSR count). The number of carbonyl (C=O) groups excluding carboxylic acids is 1. The topological polar surface area (TPSA) is 58.1 Å². The SMILES string of the molecule is O=C(NC12CC3CC(CC(C3)C1)C2)C1CN(c2cc(-c3ccccc3)ncn2)C1. The predicted octanol–water partition coefficient (Wildman–Crippen LogP) is 3.66. The van der Waals surface area contributed by atoms with Crippen LogP contribution in [0.2, 0.25) is 0 Å². The second-order valence-electron chi connectivity index (χ2n) is 9.92. The Kier molecular flexibility index (Phi) is 3.93. The van der Waals surface area contributed by atoms with Gasteiger partial charge in [-0.3, -0.25) is 4.79 Å². The fourth-order valence-electron chi connectivity index (χ4n) is 6.75. The van der Waals surface area contributed by atoms with E-state index in [0.717, 1.165) is 47.9 Å². The first kappa shape index (κ1) is 17.4. The number of carbonyl (C=O) groups is 1. The Labute approximate surface area is 171 Å². The van der Waals surface area contributed by atoms with Crippen LogP contribution in [0.5, 0.6) is 0 Å². The van der Waals surface area contributed by atoms with Gasteiger partial charge in [0.15, 0.2) is 0 Å². The summed E-state index contributed by atoms with van der Waals surface area (Å²) < 4.78 is 0. The Balaban J connectivity index is 1.10. The van der Waals surface area contributed by atoms with Crippen LogP contribution in [0.15, 0.2) is 42.7 Å². The molecule has 1 saturated heterocycles. The molecule has 1 N–H and O–H groups in total. The third-order valence-corrected chi connectivity index (χ3v) is 7.73. The molecule has 29 heavy (non-hydrogen) atoms. The molecule has 4 aliphatic carbocycles. The molecular formula is C24H28N4O. The van der Waals surface area contributed by atoms with E-state index in [9.17, 15) is 4.79 Å². The number of benzene rings is 1. The fraction of sp³-hybridized carbons (Fsp3) is 0.542. The largest absolute Gasteiger partial charge is 0.355 e. The normalized spacial score (nSPS) is 32.8. The summed E-state index contributed by atoms with van der Waals surface area (Å²) >= 11 is 0. The first-order chi connectivity index (χ1) is 14.2. The number of aromatic nitrogens is 2. The minimum absolute atomic E-state index is 0.0816. The van der Waals surface area contributed by atoms with Gasteiger partial charge in [0, 0.05) is 30.3 Å². The zero-order valence-electron chi connectivity index (χ0n) is 16.8. The van der Waals surface area contributed by atoms with Gasteiger partial charge < -0.3 is 10.2 Å². The molecular weight excluding hydrogens is 360 g/mol. The second-order valence-corrected chi connectivity index (χ2v) is 9.92. The molecule has 2 heterocycles. The standard InChI is InChI=1S/C24H28N4O/c29-23(27-24-10-16-6-17(11-24)8-18(7-16)12-24)20-13-28(14-20)22-9-21(25-15-26-22)19-4-2-1-3-5-19/h1-5,9,15-18,20H,6-8,10-14H2,(H,27,29). The van der Waals surface area contributed by atoms with Gasteiger partial charge in [-0.1, -0.05) is 30.3 Å². The van der Waals surface area contributed by atoms with Crippen LogP contribution in [0, 0.1) is 23.7 Å². The number of nitrogens with one attached hydrogen (secondary N) is 1. The summed E-state index contributed by atoms with van der Waals surface area (Å²) in [5.74, 6) is 3.84. The highest BCUT2D eigenvalue weighted by Crippen LogP contribution is 2.55. The zero-order valence-corrected chi connectivity index (χ0v) is 16.8. The van der Waals surface area contributed by atoms with Gasteiger partial charge in [0.05, 0.1) is 11.6 Å². The smallest absolute Gasteiger partial charge is 0.227 e. The summed E-state index contributed by atoms with van der Waals surface area (Å²) in [5, 5.41) is 3.54. The van der Waals surface area contributed by atoms with Crippen LogP contribution in [0.1, 0.15) is 38.5 Å². The summed E-state index contributed by atoms with van der Waals surface area (Å²) in [6.45, 7) is 1.51. The summed E-state index contributed by atoms with van der Waals surface area (Å²) in [6.07, 6.45) is 9.49. The van der Waals surface area contributed by atoms with Crippen LogP contribution in [0.3, 0.4) is 0 Å². The summed E-state index contributed by atoms with van der Waals surface area (Å²) in [4.78, 5) is 24.1. The molecule has 5 aliphatic rings. The van der Waals surface area contributed by atoms with Gasteiger partial charge in [-0.2, -0.15) is 0 Å². The van der Waals surface area contributed by atoms with Crippen molar-refractivity contribution in [3.05, 3.63) is 42.7 Å². The van der Waals surface area contributed by atoms with E-state index in [0.29, 0.717) is 0 Å². The van der Waals surface area contributed by atoms with E-state index in [1.807, 2.05) is 24.3 Å².